The topological polar surface area (TPSA) is 47.6 Å². The van der Waals surface area contributed by atoms with Crippen LogP contribution >= 0.6 is 0 Å². The fourth-order valence-electron chi connectivity index (χ4n) is 1.07. The van der Waals surface area contributed by atoms with E-state index in [0.29, 0.717) is 11.1 Å². The SMILES string of the molecule is Cc1cc(OC(F)(F)F)ccc1C=NN. The molecule has 0 amide bonds. The number of benzene rings is 1. The van der Waals surface area contributed by atoms with Crippen molar-refractivity contribution in [1.29, 1.82) is 0 Å². The van der Waals surface area contributed by atoms with Crippen LogP contribution in [0.15, 0.2) is 23.3 Å². The lowest BCUT2D eigenvalue weighted by Gasteiger charge is -2.09. The number of hydrogen-bond acceptors (Lipinski definition) is 3. The van der Waals surface area contributed by atoms with Crippen LogP contribution in [0.3, 0.4) is 0 Å². The van der Waals surface area contributed by atoms with Gasteiger partial charge in [-0.3, -0.25) is 0 Å². The summed E-state index contributed by atoms with van der Waals surface area (Å²) in [6, 6.07) is 3.93. The van der Waals surface area contributed by atoms with Crippen molar-refractivity contribution in [3.05, 3.63) is 29.3 Å². The third kappa shape index (κ3) is 3.49. The molecule has 0 fully saturated rings. The molecular weight excluding hydrogens is 209 g/mol. The minimum absolute atomic E-state index is 0.255. The van der Waals surface area contributed by atoms with E-state index >= 15 is 0 Å². The Bertz CT molecular complexity index is 374. The predicted octanol–water partition coefficient (Wildman–Crippen LogP) is 2.19. The second-order valence-corrected chi connectivity index (χ2v) is 2.84. The van der Waals surface area contributed by atoms with Gasteiger partial charge in [-0.1, -0.05) is 0 Å². The van der Waals surface area contributed by atoms with Crippen molar-refractivity contribution in [2.75, 3.05) is 0 Å². The molecule has 1 aromatic rings. The van der Waals surface area contributed by atoms with Crippen LogP contribution in [0.1, 0.15) is 11.1 Å². The monoisotopic (exact) mass is 218 g/mol. The van der Waals surface area contributed by atoms with Crippen LogP contribution in [0, 0.1) is 6.92 Å². The first-order chi connectivity index (χ1) is 6.92. The number of rotatable bonds is 2. The van der Waals surface area contributed by atoms with Crippen LogP contribution in [-0.4, -0.2) is 12.6 Å². The van der Waals surface area contributed by atoms with E-state index < -0.39 is 6.36 Å². The number of aryl methyl sites for hydroxylation is 1. The van der Waals surface area contributed by atoms with Crippen LogP contribution in [0.25, 0.3) is 0 Å². The summed E-state index contributed by atoms with van der Waals surface area (Å²) in [7, 11) is 0. The lowest BCUT2D eigenvalue weighted by molar-refractivity contribution is -0.274. The molecule has 82 valence electrons. The maximum absolute atomic E-state index is 11.9. The second kappa shape index (κ2) is 4.20. The molecule has 0 radical (unpaired) electrons. The van der Waals surface area contributed by atoms with E-state index in [-0.39, 0.29) is 5.75 Å². The fraction of sp³-hybridized carbons (Fsp3) is 0.222. The Hall–Kier alpha value is -1.72. The third-order valence-electron chi connectivity index (χ3n) is 1.69. The minimum Gasteiger partial charge on any atom is -0.406 e. The van der Waals surface area contributed by atoms with E-state index in [1.807, 2.05) is 0 Å². The predicted molar refractivity (Wildman–Crippen MR) is 49.6 cm³/mol. The van der Waals surface area contributed by atoms with Gasteiger partial charge in [-0.15, -0.1) is 13.2 Å². The molecule has 0 saturated carbocycles. The third-order valence-corrected chi connectivity index (χ3v) is 1.69. The molecule has 0 saturated heterocycles. The molecule has 2 N–H and O–H groups in total. The van der Waals surface area contributed by atoms with Gasteiger partial charge in [0.1, 0.15) is 5.75 Å². The summed E-state index contributed by atoms with van der Waals surface area (Å²) in [4.78, 5) is 0. The molecule has 1 aromatic carbocycles. The Kier molecular flexibility index (Phi) is 3.18. The Morgan fingerprint density at radius 1 is 1.40 bits per heavy atom. The highest BCUT2D eigenvalue weighted by Crippen LogP contribution is 2.24. The summed E-state index contributed by atoms with van der Waals surface area (Å²) < 4.78 is 39.3. The van der Waals surface area contributed by atoms with E-state index in [0.717, 1.165) is 0 Å². The number of ether oxygens (including phenoxy) is 1. The smallest absolute Gasteiger partial charge is 0.406 e. The van der Waals surface area contributed by atoms with Crippen molar-refractivity contribution >= 4 is 6.21 Å². The van der Waals surface area contributed by atoms with E-state index in [9.17, 15) is 13.2 Å². The van der Waals surface area contributed by atoms with Crippen LogP contribution in [0.4, 0.5) is 13.2 Å². The highest BCUT2D eigenvalue weighted by molar-refractivity contribution is 5.81. The van der Waals surface area contributed by atoms with Crippen LogP contribution < -0.4 is 10.6 Å². The van der Waals surface area contributed by atoms with Gasteiger partial charge >= 0.3 is 6.36 Å². The molecule has 15 heavy (non-hydrogen) atoms. The standard InChI is InChI=1S/C9H9F3N2O/c1-6-4-8(15-9(10,11)12)3-2-7(6)5-14-13/h2-5H,13H2,1H3. The first-order valence-electron chi connectivity index (χ1n) is 4.02. The zero-order valence-electron chi connectivity index (χ0n) is 7.88. The van der Waals surface area contributed by atoms with E-state index in [2.05, 4.69) is 9.84 Å². The lowest BCUT2D eigenvalue weighted by Crippen LogP contribution is -2.17. The first-order valence-corrected chi connectivity index (χ1v) is 4.02. The van der Waals surface area contributed by atoms with E-state index in [4.69, 9.17) is 5.84 Å². The zero-order chi connectivity index (χ0) is 11.5. The molecule has 0 aromatic heterocycles. The molecule has 0 bridgehead atoms. The molecule has 0 aliphatic rings. The molecule has 0 unspecified atom stereocenters. The van der Waals surface area contributed by atoms with Gasteiger partial charge in [-0.2, -0.15) is 5.10 Å². The van der Waals surface area contributed by atoms with Gasteiger partial charge < -0.3 is 10.6 Å². The Balaban J connectivity index is 2.92. The summed E-state index contributed by atoms with van der Waals surface area (Å²) in [6.07, 6.45) is -3.32. The largest absolute Gasteiger partial charge is 0.573 e. The van der Waals surface area contributed by atoms with Crippen LogP contribution in [0.5, 0.6) is 5.75 Å². The minimum atomic E-state index is -4.67. The maximum atomic E-state index is 11.9. The Labute approximate surface area is 84.3 Å². The number of alkyl halides is 3. The Morgan fingerprint density at radius 3 is 2.53 bits per heavy atom. The average Bonchev–Trinajstić information content (AvgIpc) is 2.07. The highest BCUT2D eigenvalue weighted by Gasteiger charge is 2.31. The van der Waals surface area contributed by atoms with Gasteiger partial charge in [-0.05, 0) is 36.2 Å². The van der Waals surface area contributed by atoms with Crippen LogP contribution in [-0.2, 0) is 0 Å². The summed E-state index contributed by atoms with van der Waals surface area (Å²) in [5.41, 5.74) is 1.25. The molecule has 0 aliphatic heterocycles. The van der Waals surface area contributed by atoms with Gasteiger partial charge in [0.25, 0.3) is 0 Å². The molecule has 0 heterocycles. The van der Waals surface area contributed by atoms with E-state index in [1.165, 1.54) is 24.4 Å². The van der Waals surface area contributed by atoms with Crippen molar-refractivity contribution in [1.82, 2.24) is 0 Å². The Morgan fingerprint density at radius 2 is 2.07 bits per heavy atom. The number of nitrogens with two attached hydrogens (primary N) is 1. The van der Waals surface area contributed by atoms with Crippen molar-refractivity contribution in [3.8, 4) is 5.75 Å². The van der Waals surface area contributed by atoms with Gasteiger partial charge in [-0.25, -0.2) is 0 Å². The molecule has 6 heteroatoms. The van der Waals surface area contributed by atoms with Gasteiger partial charge in [0, 0.05) is 0 Å². The molecule has 0 atom stereocenters. The number of nitrogens with zero attached hydrogens (tertiary/aromatic N) is 1. The summed E-state index contributed by atoms with van der Waals surface area (Å²) >= 11 is 0. The molecule has 0 aliphatic carbocycles. The molecule has 3 nitrogen and oxygen atoms in total. The van der Waals surface area contributed by atoms with Gasteiger partial charge in [0.2, 0.25) is 0 Å². The average molecular weight is 218 g/mol. The lowest BCUT2D eigenvalue weighted by atomic mass is 10.1. The van der Waals surface area contributed by atoms with Crippen molar-refractivity contribution in [3.63, 3.8) is 0 Å². The maximum Gasteiger partial charge on any atom is 0.573 e. The number of hydrazone groups is 1. The van der Waals surface area contributed by atoms with Crippen molar-refractivity contribution < 1.29 is 17.9 Å². The van der Waals surface area contributed by atoms with Crippen molar-refractivity contribution in [2.45, 2.75) is 13.3 Å². The summed E-state index contributed by atoms with van der Waals surface area (Å²) in [5.74, 6) is 4.67. The summed E-state index contributed by atoms with van der Waals surface area (Å²) in [6.45, 7) is 1.64. The zero-order valence-corrected chi connectivity index (χ0v) is 7.88. The number of halogens is 3. The van der Waals surface area contributed by atoms with E-state index in [1.54, 1.807) is 6.92 Å². The van der Waals surface area contributed by atoms with Crippen molar-refractivity contribution in [2.24, 2.45) is 10.9 Å². The van der Waals surface area contributed by atoms with Crippen LogP contribution in [0.2, 0.25) is 0 Å². The van der Waals surface area contributed by atoms with Gasteiger partial charge in [0.05, 0.1) is 6.21 Å². The summed E-state index contributed by atoms with van der Waals surface area (Å²) in [5, 5.41) is 3.28. The normalized spacial score (nSPS) is 12.0. The quantitative estimate of drug-likeness (QED) is 0.470. The van der Waals surface area contributed by atoms with Gasteiger partial charge in [0.15, 0.2) is 0 Å². The molecule has 0 spiro atoms. The first kappa shape index (κ1) is 11.4. The fourth-order valence-corrected chi connectivity index (χ4v) is 1.07. The highest BCUT2D eigenvalue weighted by atomic mass is 19.4. The second-order valence-electron chi connectivity index (χ2n) is 2.84. The number of hydrogen-bond donors (Lipinski definition) is 1. The molecular formula is C9H9F3N2O. The molecule has 1 rings (SSSR count).